The van der Waals surface area contributed by atoms with Crippen LogP contribution in [0.1, 0.15) is 23.4 Å². The SMILES string of the molecule is O=C(NCc1cc(-c2cnc(C(F)(F)F)nc2)ncc1C(F)(F)F)C1NC(=S(=O)=O)C2CC21. The maximum atomic E-state index is 13.4. The van der Waals surface area contributed by atoms with Crippen LogP contribution in [0, 0.1) is 11.8 Å². The molecular weight excluding hydrogens is 480 g/mol. The van der Waals surface area contributed by atoms with Crippen molar-refractivity contribution >= 4 is 21.2 Å². The molecule has 1 aliphatic heterocycles. The Labute approximate surface area is 183 Å². The van der Waals surface area contributed by atoms with Crippen molar-refractivity contribution in [1.82, 2.24) is 25.6 Å². The van der Waals surface area contributed by atoms with Crippen molar-refractivity contribution in [3.05, 3.63) is 41.6 Å². The molecular formula is C18H13F6N5O3S. The average Bonchev–Trinajstić information content (AvgIpc) is 3.42. The molecule has 176 valence electrons. The summed E-state index contributed by atoms with van der Waals surface area (Å²) in [6, 6.07) is 0.0864. The van der Waals surface area contributed by atoms with E-state index in [1.54, 1.807) is 0 Å². The Hall–Kier alpha value is -3.07. The minimum atomic E-state index is -4.81. The summed E-state index contributed by atoms with van der Waals surface area (Å²) in [6.07, 6.45) is -7.04. The molecule has 0 spiro atoms. The average molecular weight is 493 g/mol. The highest BCUT2D eigenvalue weighted by Gasteiger charge is 2.55. The van der Waals surface area contributed by atoms with Crippen LogP contribution in [0.4, 0.5) is 26.3 Å². The number of carbonyl (C=O) groups is 1. The van der Waals surface area contributed by atoms with Gasteiger partial charge in [-0.2, -0.15) is 34.8 Å². The van der Waals surface area contributed by atoms with E-state index in [1.807, 2.05) is 0 Å². The highest BCUT2D eigenvalue weighted by atomic mass is 32.2. The minimum Gasteiger partial charge on any atom is -0.351 e. The molecule has 8 nitrogen and oxygen atoms in total. The first-order valence-corrected chi connectivity index (χ1v) is 10.4. The van der Waals surface area contributed by atoms with Gasteiger partial charge in [0.15, 0.2) is 0 Å². The van der Waals surface area contributed by atoms with Crippen LogP contribution in [-0.4, -0.2) is 40.3 Å². The number of rotatable bonds is 4. The highest BCUT2D eigenvalue weighted by molar-refractivity contribution is 7.73. The van der Waals surface area contributed by atoms with E-state index in [2.05, 4.69) is 25.6 Å². The van der Waals surface area contributed by atoms with Gasteiger partial charge in [-0.15, -0.1) is 0 Å². The first-order valence-electron chi connectivity index (χ1n) is 9.32. The van der Waals surface area contributed by atoms with Gasteiger partial charge >= 0.3 is 12.4 Å². The van der Waals surface area contributed by atoms with E-state index >= 15 is 0 Å². The quantitative estimate of drug-likeness (QED) is 0.493. The van der Waals surface area contributed by atoms with Gasteiger partial charge in [-0.1, -0.05) is 0 Å². The lowest BCUT2D eigenvalue weighted by Crippen LogP contribution is -2.44. The number of hydrogen-bond acceptors (Lipinski definition) is 6. The third kappa shape index (κ3) is 4.68. The van der Waals surface area contributed by atoms with Crippen LogP contribution in [0.3, 0.4) is 0 Å². The van der Waals surface area contributed by atoms with Gasteiger partial charge in [-0.05, 0) is 24.0 Å². The van der Waals surface area contributed by atoms with Crippen LogP contribution >= 0.6 is 0 Å². The monoisotopic (exact) mass is 493 g/mol. The number of alkyl halides is 6. The molecule has 1 aliphatic carbocycles. The Morgan fingerprint density at radius 1 is 1.06 bits per heavy atom. The van der Waals surface area contributed by atoms with Gasteiger partial charge in [0.2, 0.25) is 22.0 Å². The molecule has 3 heterocycles. The van der Waals surface area contributed by atoms with E-state index in [0.717, 1.165) is 18.5 Å². The molecule has 15 heteroatoms. The Bertz CT molecular complexity index is 1240. The van der Waals surface area contributed by atoms with Crippen LogP contribution in [0.5, 0.6) is 0 Å². The van der Waals surface area contributed by atoms with Crippen molar-refractivity contribution in [2.45, 2.75) is 31.4 Å². The van der Waals surface area contributed by atoms with Crippen LogP contribution in [0.25, 0.3) is 11.3 Å². The maximum absolute atomic E-state index is 13.4. The molecule has 3 atom stereocenters. The number of pyridine rings is 1. The first kappa shape index (κ1) is 23.1. The molecule has 2 fully saturated rings. The Morgan fingerprint density at radius 3 is 2.27 bits per heavy atom. The summed E-state index contributed by atoms with van der Waals surface area (Å²) >= 11 is 0. The second-order valence-electron chi connectivity index (χ2n) is 7.46. The van der Waals surface area contributed by atoms with E-state index in [1.165, 1.54) is 0 Å². The van der Waals surface area contributed by atoms with Gasteiger partial charge < -0.3 is 5.32 Å². The number of piperidine rings is 1. The highest BCUT2D eigenvalue weighted by Crippen LogP contribution is 2.46. The molecule has 2 aromatic heterocycles. The number of nitrogens with one attached hydrogen (secondary N) is 2. The second-order valence-corrected chi connectivity index (χ2v) is 8.37. The predicted molar refractivity (Wildman–Crippen MR) is 99.6 cm³/mol. The molecule has 3 unspecified atom stereocenters. The van der Waals surface area contributed by atoms with Crippen molar-refractivity contribution in [1.29, 1.82) is 0 Å². The van der Waals surface area contributed by atoms with Crippen molar-refractivity contribution in [3.8, 4) is 11.3 Å². The molecule has 4 rings (SSSR count). The van der Waals surface area contributed by atoms with Gasteiger partial charge in [0.05, 0.1) is 17.3 Å². The summed E-state index contributed by atoms with van der Waals surface area (Å²) in [5.74, 6) is -2.63. The molecule has 1 saturated carbocycles. The van der Waals surface area contributed by atoms with E-state index in [-0.39, 0.29) is 33.6 Å². The lowest BCUT2D eigenvalue weighted by atomic mass is 10.1. The number of carbonyl (C=O) groups excluding carboxylic acids is 1. The van der Waals surface area contributed by atoms with Gasteiger partial charge in [-0.25, -0.2) is 9.97 Å². The van der Waals surface area contributed by atoms with Crippen LogP contribution in [0.2, 0.25) is 0 Å². The second kappa shape index (κ2) is 8.06. The fourth-order valence-corrected chi connectivity index (χ4v) is 4.38. The molecule has 33 heavy (non-hydrogen) atoms. The zero-order valence-corrected chi connectivity index (χ0v) is 17.0. The van der Waals surface area contributed by atoms with E-state index in [4.69, 9.17) is 0 Å². The number of halogens is 6. The molecule has 0 radical (unpaired) electrons. The standard InChI is InChI=1S/C18H13F6N5O3S/c19-17(20,21)11-6-25-12(8-4-27-16(28-5-8)18(22,23)24)1-7(11)3-26-14(30)13-9-2-10(9)15(29-13)33(31)32/h1,4-6,9-10,13,29H,2-3H2,(H,26,30). The van der Waals surface area contributed by atoms with Crippen molar-refractivity contribution in [2.75, 3.05) is 0 Å². The fraction of sp³-hybridized carbons (Fsp3) is 0.389. The molecule has 1 saturated heterocycles. The molecule has 0 bridgehead atoms. The van der Waals surface area contributed by atoms with Crippen LogP contribution in [0.15, 0.2) is 24.7 Å². The summed E-state index contributed by atoms with van der Waals surface area (Å²) in [6.45, 7) is -0.573. The Kier molecular flexibility index (Phi) is 5.64. The van der Waals surface area contributed by atoms with E-state index in [0.29, 0.717) is 12.6 Å². The van der Waals surface area contributed by atoms with Crippen molar-refractivity contribution in [2.24, 2.45) is 11.8 Å². The molecule has 2 N–H and O–H groups in total. The normalized spacial score (nSPS) is 22.1. The van der Waals surface area contributed by atoms with Gasteiger partial charge in [0.1, 0.15) is 4.99 Å². The zero-order chi connectivity index (χ0) is 24.1. The Balaban J connectivity index is 1.56. The summed E-state index contributed by atoms with van der Waals surface area (Å²) < 4.78 is 100. The Morgan fingerprint density at radius 2 is 1.73 bits per heavy atom. The smallest absolute Gasteiger partial charge is 0.351 e. The van der Waals surface area contributed by atoms with Gasteiger partial charge in [0.25, 0.3) is 0 Å². The largest absolute Gasteiger partial charge is 0.451 e. The van der Waals surface area contributed by atoms with Crippen molar-refractivity contribution < 1.29 is 39.6 Å². The molecule has 1 amide bonds. The van der Waals surface area contributed by atoms with Gasteiger partial charge in [0, 0.05) is 36.6 Å². The van der Waals surface area contributed by atoms with Crippen LogP contribution < -0.4 is 10.6 Å². The number of fused-ring (bicyclic) bond motifs is 1. The molecule has 0 aromatic carbocycles. The number of aromatic nitrogens is 3. The third-order valence-electron chi connectivity index (χ3n) is 5.31. The summed E-state index contributed by atoms with van der Waals surface area (Å²) in [5, 5.41) is 4.93. The minimum absolute atomic E-state index is 0.00429. The summed E-state index contributed by atoms with van der Waals surface area (Å²) in [5.41, 5.74) is -1.71. The predicted octanol–water partition coefficient (Wildman–Crippen LogP) is 1.81. The number of nitrogens with zero attached hydrogens (tertiary/aromatic N) is 3. The topological polar surface area (TPSA) is 114 Å². The molecule has 2 aliphatic rings. The lowest BCUT2D eigenvalue weighted by molar-refractivity contribution is -0.145. The van der Waals surface area contributed by atoms with Crippen LogP contribution in [-0.2, 0) is 34.0 Å². The molecule has 2 aromatic rings. The van der Waals surface area contributed by atoms with E-state index in [9.17, 15) is 39.6 Å². The summed E-state index contributed by atoms with van der Waals surface area (Å²) in [7, 11) is -2.52. The fourth-order valence-electron chi connectivity index (χ4n) is 3.64. The number of amides is 1. The van der Waals surface area contributed by atoms with E-state index < -0.39 is 52.5 Å². The zero-order valence-electron chi connectivity index (χ0n) is 16.2. The summed E-state index contributed by atoms with van der Waals surface area (Å²) in [4.78, 5) is 22.4. The number of hydrogen-bond donors (Lipinski definition) is 2. The van der Waals surface area contributed by atoms with Crippen molar-refractivity contribution in [3.63, 3.8) is 0 Å². The third-order valence-corrected chi connectivity index (χ3v) is 6.09. The first-order chi connectivity index (χ1) is 15.4. The lowest BCUT2D eigenvalue weighted by Gasteiger charge is -2.17. The maximum Gasteiger partial charge on any atom is 0.451 e. The van der Waals surface area contributed by atoms with Gasteiger partial charge in [-0.3, -0.25) is 15.1 Å².